The van der Waals surface area contributed by atoms with Crippen LogP contribution >= 0.6 is 11.8 Å². The van der Waals surface area contributed by atoms with Gasteiger partial charge in [0.05, 0.1) is 24.2 Å². The van der Waals surface area contributed by atoms with Gasteiger partial charge in [-0.05, 0) is 12.1 Å². The van der Waals surface area contributed by atoms with Crippen molar-refractivity contribution in [3.8, 4) is 0 Å². The van der Waals surface area contributed by atoms with E-state index in [-0.39, 0.29) is 10.6 Å². The molecule has 0 aliphatic carbocycles. The Kier molecular flexibility index (Phi) is 3.11. The van der Waals surface area contributed by atoms with Crippen LogP contribution in [0.4, 0.5) is 5.69 Å². The van der Waals surface area contributed by atoms with Gasteiger partial charge in [0.1, 0.15) is 4.90 Å². The maximum absolute atomic E-state index is 11.2. The van der Waals surface area contributed by atoms with E-state index in [0.29, 0.717) is 18.5 Å². The smallest absolute Gasteiger partial charge is 0.240 e. The van der Waals surface area contributed by atoms with Crippen LogP contribution in [0, 0.1) is 0 Å². The van der Waals surface area contributed by atoms with Gasteiger partial charge in [0, 0.05) is 4.90 Å². The molecule has 0 atom stereocenters. The summed E-state index contributed by atoms with van der Waals surface area (Å²) in [4.78, 5) is 0.720. The van der Waals surface area contributed by atoms with Crippen LogP contribution in [0.3, 0.4) is 0 Å². The number of rotatable bonds is 3. The molecule has 0 aromatic heterocycles. The summed E-state index contributed by atoms with van der Waals surface area (Å²) in [5.41, 5.74) is 6.00. The number of para-hydroxylation sites is 1. The lowest BCUT2D eigenvalue weighted by atomic mass is 10.3. The highest BCUT2D eigenvalue weighted by Gasteiger charge is 2.22. The predicted octanol–water partition coefficient (Wildman–Crippen LogP) is 0.407. The number of nitrogens with two attached hydrogens (primary N) is 2. The topological polar surface area (TPSA) is 95.4 Å². The van der Waals surface area contributed by atoms with Crippen molar-refractivity contribution in [2.45, 2.75) is 15.0 Å². The van der Waals surface area contributed by atoms with Crippen molar-refractivity contribution in [1.82, 2.24) is 0 Å². The molecule has 7 heteroatoms. The second kappa shape index (κ2) is 4.25. The van der Waals surface area contributed by atoms with Crippen molar-refractivity contribution in [1.29, 1.82) is 0 Å². The second-order valence-corrected chi connectivity index (χ2v) is 6.36. The molecule has 1 aromatic carbocycles. The summed E-state index contributed by atoms with van der Waals surface area (Å²) < 4.78 is 27.5. The van der Waals surface area contributed by atoms with Gasteiger partial charge in [-0.1, -0.05) is 6.07 Å². The third-order valence-electron chi connectivity index (χ3n) is 2.23. The third-order valence-corrected chi connectivity index (χ3v) is 4.42. The zero-order valence-corrected chi connectivity index (χ0v) is 10.1. The Labute approximate surface area is 98.2 Å². The fraction of sp³-hybridized carbons (Fsp3) is 0.333. The van der Waals surface area contributed by atoms with E-state index in [0.717, 1.165) is 4.90 Å². The Hall–Kier alpha value is -0.760. The molecular formula is C9H12N2O3S2. The number of primary sulfonamides is 1. The molecule has 0 saturated carbocycles. The summed E-state index contributed by atoms with van der Waals surface area (Å²) >= 11 is 1.52. The third kappa shape index (κ3) is 2.32. The van der Waals surface area contributed by atoms with Gasteiger partial charge >= 0.3 is 0 Å². The van der Waals surface area contributed by atoms with E-state index in [1.165, 1.54) is 17.8 Å². The van der Waals surface area contributed by atoms with E-state index in [2.05, 4.69) is 0 Å². The van der Waals surface area contributed by atoms with Gasteiger partial charge in [0.15, 0.2) is 0 Å². The molecule has 1 aliphatic rings. The van der Waals surface area contributed by atoms with Crippen LogP contribution in [0.2, 0.25) is 0 Å². The Morgan fingerprint density at radius 1 is 1.38 bits per heavy atom. The molecule has 4 N–H and O–H groups in total. The largest absolute Gasteiger partial charge is 0.397 e. The molecule has 0 unspecified atom stereocenters. The van der Waals surface area contributed by atoms with Crippen LogP contribution in [0.1, 0.15) is 0 Å². The fourth-order valence-electron chi connectivity index (χ4n) is 1.34. The van der Waals surface area contributed by atoms with E-state index in [9.17, 15) is 8.42 Å². The fourth-order valence-corrected chi connectivity index (χ4v) is 3.17. The summed E-state index contributed by atoms with van der Waals surface area (Å²) in [6.45, 7) is 1.34. The van der Waals surface area contributed by atoms with Gasteiger partial charge in [-0.15, -0.1) is 11.8 Å². The standard InChI is InChI=1S/C9H12N2O3S2/c10-9-7(15-6-4-14-5-6)2-1-3-8(9)16(11,12)13/h1-3,6H,4-5,10H2,(H2,11,12,13). The second-order valence-electron chi connectivity index (χ2n) is 3.49. The molecule has 5 nitrogen and oxygen atoms in total. The minimum Gasteiger partial charge on any atom is -0.397 e. The Balaban J connectivity index is 2.32. The number of hydrogen-bond acceptors (Lipinski definition) is 5. The van der Waals surface area contributed by atoms with Crippen molar-refractivity contribution in [2.75, 3.05) is 18.9 Å². The first-order valence-electron chi connectivity index (χ1n) is 4.64. The Morgan fingerprint density at radius 3 is 2.56 bits per heavy atom. The van der Waals surface area contributed by atoms with Gasteiger partial charge < -0.3 is 10.5 Å². The van der Waals surface area contributed by atoms with E-state index in [4.69, 9.17) is 15.6 Å². The summed E-state index contributed by atoms with van der Waals surface area (Å²) in [7, 11) is -3.75. The van der Waals surface area contributed by atoms with Crippen molar-refractivity contribution >= 4 is 27.5 Å². The first-order valence-corrected chi connectivity index (χ1v) is 7.07. The highest BCUT2D eigenvalue weighted by Crippen LogP contribution is 2.34. The lowest BCUT2D eigenvalue weighted by Crippen LogP contribution is -2.30. The lowest BCUT2D eigenvalue weighted by molar-refractivity contribution is 0.0455. The van der Waals surface area contributed by atoms with Gasteiger partial charge in [-0.25, -0.2) is 13.6 Å². The van der Waals surface area contributed by atoms with E-state index in [1.807, 2.05) is 0 Å². The number of ether oxygens (including phenoxy) is 1. The molecular weight excluding hydrogens is 248 g/mol. The van der Waals surface area contributed by atoms with Crippen molar-refractivity contribution in [3.05, 3.63) is 18.2 Å². The number of thioether (sulfide) groups is 1. The Bertz CT molecular complexity index is 497. The summed E-state index contributed by atoms with van der Waals surface area (Å²) in [6, 6.07) is 4.83. The number of benzene rings is 1. The maximum atomic E-state index is 11.2. The van der Waals surface area contributed by atoms with Crippen LogP contribution in [0.15, 0.2) is 28.0 Å². The number of sulfonamides is 1. The summed E-state index contributed by atoms with van der Waals surface area (Å²) in [6.07, 6.45) is 0. The van der Waals surface area contributed by atoms with Gasteiger partial charge in [-0.3, -0.25) is 0 Å². The summed E-state index contributed by atoms with van der Waals surface area (Å²) in [5, 5.41) is 5.41. The molecule has 1 fully saturated rings. The highest BCUT2D eigenvalue weighted by molar-refractivity contribution is 8.00. The zero-order valence-electron chi connectivity index (χ0n) is 8.42. The average molecular weight is 260 g/mol. The van der Waals surface area contributed by atoms with E-state index < -0.39 is 10.0 Å². The average Bonchev–Trinajstić information content (AvgIpc) is 2.11. The molecule has 0 amide bonds. The highest BCUT2D eigenvalue weighted by atomic mass is 32.2. The molecule has 0 spiro atoms. The normalized spacial score (nSPS) is 17.1. The molecule has 1 aromatic rings. The summed E-state index contributed by atoms with van der Waals surface area (Å²) in [5.74, 6) is 0. The minimum absolute atomic E-state index is 0.0160. The zero-order chi connectivity index (χ0) is 11.8. The first-order chi connectivity index (χ1) is 7.48. The predicted molar refractivity (Wildman–Crippen MR) is 62.7 cm³/mol. The van der Waals surface area contributed by atoms with Crippen LogP contribution in [0.5, 0.6) is 0 Å². The van der Waals surface area contributed by atoms with E-state index >= 15 is 0 Å². The first kappa shape index (κ1) is 11.7. The molecule has 88 valence electrons. The van der Waals surface area contributed by atoms with Gasteiger partial charge in [0.2, 0.25) is 10.0 Å². The SMILES string of the molecule is Nc1c(SC2COC2)cccc1S(N)(=O)=O. The molecule has 0 bridgehead atoms. The molecule has 0 radical (unpaired) electrons. The molecule has 1 aliphatic heterocycles. The number of nitrogen functional groups attached to an aromatic ring is 1. The monoisotopic (exact) mass is 260 g/mol. The van der Waals surface area contributed by atoms with Crippen LogP contribution in [0.25, 0.3) is 0 Å². The molecule has 1 saturated heterocycles. The lowest BCUT2D eigenvalue weighted by Gasteiger charge is -2.25. The maximum Gasteiger partial charge on any atom is 0.240 e. The van der Waals surface area contributed by atoms with Crippen LogP contribution < -0.4 is 10.9 Å². The van der Waals surface area contributed by atoms with Crippen molar-refractivity contribution in [3.63, 3.8) is 0 Å². The number of anilines is 1. The van der Waals surface area contributed by atoms with Gasteiger partial charge in [0.25, 0.3) is 0 Å². The molecule has 2 rings (SSSR count). The molecule has 1 heterocycles. The quantitative estimate of drug-likeness (QED) is 0.767. The Morgan fingerprint density at radius 2 is 2.06 bits per heavy atom. The van der Waals surface area contributed by atoms with Crippen molar-refractivity contribution in [2.24, 2.45) is 5.14 Å². The van der Waals surface area contributed by atoms with E-state index in [1.54, 1.807) is 12.1 Å². The van der Waals surface area contributed by atoms with Crippen molar-refractivity contribution < 1.29 is 13.2 Å². The van der Waals surface area contributed by atoms with Crippen LogP contribution in [-0.2, 0) is 14.8 Å². The van der Waals surface area contributed by atoms with Crippen LogP contribution in [-0.4, -0.2) is 26.9 Å². The van der Waals surface area contributed by atoms with Gasteiger partial charge in [-0.2, -0.15) is 0 Å². The molecule has 16 heavy (non-hydrogen) atoms. The number of hydrogen-bond donors (Lipinski definition) is 2. The minimum atomic E-state index is -3.75.